The molecular weight excluding hydrogens is 518 g/mol. The summed E-state index contributed by atoms with van der Waals surface area (Å²) in [5, 5.41) is 14.5. The van der Waals surface area contributed by atoms with Gasteiger partial charge in [-0.1, -0.05) is 41.4 Å². The van der Waals surface area contributed by atoms with Gasteiger partial charge in [-0.2, -0.15) is 0 Å². The molecule has 0 spiro atoms. The number of nitro groups is 1. The molecule has 1 amide bonds. The highest BCUT2D eigenvalue weighted by molar-refractivity contribution is 7.92. The van der Waals surface area contributed by atoms with Gasteiger partial charge in [0.1, 0.15) is 12.3 Å². The molecule has 0 fully saturated rings. The Hall–Kier alpha value is -3.63. The molecule has 0 aliphatic heterocycles. The number of anilines is 1. The SMILES string of the molecule is COc1ccc(Cl)cc1N(CC(=O)N[C@H](C)c1ccc(C)cc1C)S(=O)(=O)c1ccc(C)c([N+](=O)[O-])c1. The maximum atomic E-state index is 13.8. The number of ether oxygens (including phenoxy) is 1. The highest BCUT2D eigenvalue weighted by Gasteiger charge is 2.31. The van der Waals surface area contributed by atoms with E-state index in [9.17, 15) is 23.3 Å². The minimum absolute atomic E-state index is 0.0209. The number of amides is 1. The van der Waals surface area contributed by atoms with E-state index in [4.69, 9.17) is 16.3 Å². The first-order chi connectivity index (χ1) is 17.3. The van der Waals surface area contributed by atoms with E-state index in [0.717, 1.165) is 27.1 Å². The van der Waals surface area contributed by atoms with Gasteiger partial charge in [0.15, 0.2) is 0 Å². The van der Waals surface area contributed by atoms with Crippen molar-refractivity contribution in [2.24, 2.45) is 0 Å². The summed E-state index contributed by atoms with van der Waals surface area (Å²) < 4.78 is 33.8. The molecule has 0 bridgehead atoms. The topological polar surface area (TPSA) is 119 Å². The molecule has 9 nitrogen and oxygen atoms in total. The van der Waals surface area contributed by atoms with Gasteiger partial charge in [0.05, 0.1) is 28.7 Å². The zero-order chi connectivity index (χ0) is 27.5. The number of sulfonamides is 1. The van der Waals surface area contributed by atoms with Gasteiger partial charge in [-0.25, -0.2) is 8.42 Å². The molecule has 1 N–H and O–H groups in total. The third-order valence-electron chi connectivity index (χ3n) is 5.93. The van der Waals surface area contributed by atoms with E-state index < -0.39 is 33.4 Å². The second-order valence-electron chi connectivity index (χ2n) is 8.68. The molecule has 11 heteroatoms. The number of methoxy groups -OCH3 is 1. The fraction of sp³-hybridized carbons (Fsp3) is 0.269. The minimum atomic E-state index is -4.46. The van der Waals surface area contributed by atoms with E-state index in [-0.39, 0.29) is 27.0 Å². The van der Waals surface area contributed by atoms with Crippen LogP contribution in [0.3, 0.4) is 0 Å². The summed E-state index contributed by atoms with van der Waals surface area (Å²) in [4.78, 5) is 23.6. The predicted molar refractivity (Wildman–Crippen MR) is 143 cm³/mol. The van der Waals surface area contributed by atoms with Gasteiger partial charge in [0.2, 0.25) is 5.91 Å². The quantitative estimate of drug-likeness (QED) is 0.289. The smallest absolute Gasteiger partial charge is 0.273 e. The van der Waals surface area contributed by atoms with Crippen molar-refractivity contribution in [2.45, 2.75) is 38.6 Å². The first kappa shape index (κ1) is 27.9. The van der Waals surface area contributed by atoms with Crippen LogP contribution < -0.4 is 14.4 Å². The summed E-state index contributed by atoms with van der Waals surface area (Å²) in [6.45, 7) is 6.60. The number of hydrogen-bond acceptors (Lipinski definition) is 6. The lowest BCUT2D eigenvalue weighted by Crippen LogP contribution is -2.41. The van der Waals surface area contributed by atoms with Crippen LogP contribution in [0.2, 0.25) is 5.02 Å². The molecule has 3 aromatic carbocycles. The van der Waals surface area contributed by atoms with Crippen LogP contribution in [0.5, 0.6) is 5.75 Å². The Morgan fingerprint density at radius 2 is 1.78 bits per heavy atom. The molecule has 1 atom stereocenters. The number of aryl methyl sites for hydroxylation is 3. The van der Waals surface area contributed by atoms with Gasteiger partial charge in [-0.3, -0.25) is 19.2 Å². The van der Waals surface area contributed by atoms with E-state index in [1.165, 1.54) is 44.4 Å². The number of nitro benzene ring substituents is 1. The molecular formula is C26H28ClN3O6S. The molecule has 0 saturated carbocycles. The Morgan fingerprint density at radius 1 is 1.08 bits per heavy atom. The predicted octanol–water partition coefficient (Wildman–Crippen LogP) is 5.25. The van der Waals surface area contributed by atoms with Gasteiger partial charge in [-0.15, -0.1) is 0 Å². The van der Waals surface area contributed by atoms with Gasteiger partial charge >= 0.3 is 0 Å². The van der Waals surface area contributed by atoms with E-state index in [1.54, 1.807) is 6.92 Å². The third kappa shape index (κ3) is 6.20. The maximum Gasteiger partial charge on any atom is 0.273 e. The molecule has 3 rings (SSSR count). The summed E-state index contributed by atoms with van der Waals surface area (Å²) >= 11 is 6.17. The van der Waals surface area contributed by atoms with Gasteiger partial charge in [-0.05, 0) is 63.1 Å². The number of rotatable bonds is 9. The lowest BCUT2D eigenvalue weighted by molar-refractivity contribution is -0.385. The average molecular weight is 546 g/mol. The fourth-order valence-corrected chi connectivity index (χ4v) is 5.65. The summed E-state index contributed by atoms with van der Waals surface area (Å²) in [5.74, 6) is -0.426. The summed E-state index contributed by atoms with van der Waals surface area (Å²) in [6.07, 6.45) is 0. The number of nitrogens with zero attached hydrogens (tertiary/aromatic N) is 2. The highest BCUT2D eigenvalue weighted by Crippen LogP contribution is 2.35. The van der Waals surface area contributed by atoms with Crippen LogP contribution in [0, 0.1) is 30.9 Å². The summed E-state index contributed by atoms with van der Waals surface area (Å²) in [6, 6.07) is 13.4. The minimum Gasteiger partial charge on any atom is -0.495 e. The highest BCUT2D eigenvalue weighted by atomic mass is 35.5. The van der Waals surface area contributed by atoms with Crippen LogP contribution in [0.4, 0.5) is 11.4 Å². The normalized spacial score (nSPS) is 12.1. The number of carbonyl (C=O) groups excluding carboxylic acids is 1. The van der Waals surface area contributed by atoms with Crippen molar-refractivity contribution in [1.82, 2.24) is 5.32 Å². The lowest BCUT2D eigenvalue weighted by atomic mass is 10.0. The Morgan fingerprint density at radius 3 is 2.41 bits per heavy atom. The average Bonchev–Trinajstić information content (AvgIpc) is 2.82. The van der Waals surface area contributed by atoms with Crippen molar-refractivity contribution in [3.05, 3.63) is 92.0 Å². The molecule has 0 unspecified atom stereocenters. The molecule has 196 valence electrons. The fourth-order valence-electron chi connectivity index (χ4n) is 4.04. The Balaban J connectivity index is 2.05. The van der Waals surface area contributed by atoms with Crippen LogP contribution in [-0.2, 0) is 14.8 Å². The van der Waals surface area contributed by atoms with Gasteiger partial charge in [0.25, 0.3) is 15.7 Å². The zero-order valence-corrected chi connectivity index (χ0v) is 22.7. The Labute approximate surface area is 221 Å². The lowest BCUT2D eigenvalue weighted by Gasteiger charge is -2.27. The van der Waals surface area contributed by atoms with E-state index >= 15 is 0 Å². The van der Waals surface area contributed by atoms with E-state index in [1.807, 2.05) is 32.0 Å². The molecule has 3 aromatic rings. The largest absolute Gasteiger partial charge is 0.495 e. The number of benzene rings is 3. The Bertz CT molecular complexity index is 1460. The molecule has 0 heterocycles. The first-order valence-corrected chi connectivity index (χ1v) is 13.1. The van der Waals surface area contributed by atoms with Crippen LogP contribution in [0.1, 0.15) is 35.2 Å². The number of halogens is 1. The van der Waals surface area contributed by atoms with Crippen molar-refractivity contribution >= 4 is 38.9 Å². The number of hydrogen-bond donors (Lipinski definition) is 1. The van der Waals surface area contributed by atoms with Crippen molar-refractivity contribution in [3.8, 4) is 5.75 Å². The van der Waals surface area contributed by atoms with Crippen molar-refractivity contribution in [2.75, 3.05) is 18.0 Å². The van der Waals surface area contributed by atoms with Crippen LogP contribution in [-0.4, -0.2) is 32.9 Å². The van der Waals surface area contributed by atoms with Crippen LogP contribution in [0.15, 0.2) is 59.5 Å². The van der Waals surface area contributed by atoms with Crippen molar-refractivity contribution in [1.29, 1.82) is 0 Å². The van der Waals surface area contributed by atoms with E-state index in [0.29, 0.717) is 5.56 Å². The van der Waals surface area contributed by atoms with Gasteiger partial charge in [0, 0.05) is 16.7 Å². The maximum absolute atomic E-state index is 13.8. The summed E-state index contributed by atoms with van der Waals surface area (Å²) in [7, 11) is -3.10. The molecule has 0 aliphatic rings. The van der Waals surface area contributed by atoms with Crippen LogP contribution in [0.25, 0.3) is 0 Å². The number of nitrogens with one attached hydrogen (secondary N) is 1. The molecule has 0 saturated heterocycles. The third-order valence-corrected chi connectivity index (χ3v) is 7.92. The van der Waals surface area contributed by atoms with Crippen molar-refractivity contribution < 1.29 is 22.9 Å². The van der Waals surface area contributed by atoms with Gasteiger partial charge < -0.3 is 10.1 Å². The Kier molecular flexibility index (Phi) is 8.45. The zero-order valence-electron chi connectivity index (χ0n) is 21.1. The molecule has 37 heavy (non-hydrogen) atoms. The van der Waals surface area contributed by atoms with E-state index in [2.05, 4.69) is 5.32 Å². The second-order valence-corrected chi connectivity index (χ2v) is 11.0. The van der Waals surface area contributed by atoms with Crippen LogP contribution >= 0.6 is 11.6 Å². The second kappa shape index (κ2) is 11.2. The summed E-state index contributed by atoms with van der Waals surface area (Å²) in [5.41, 5.74) is 2.93. The standard InChI is InChI=1S/C26H28ClN3O6S/c1-16-6-10-22(18(3)12-16)19(4)28-26(31)15-29(24-13-20(27)8-11-25(24)36-5)37(34,35)21-9-7-17(2)23(14-21)30(32)33/h6-14,19H,15H2,1-5H3,(H,28,31)/t19-/m1/s1. The molecule has 0 aliphatic carbocycles. The monoisotopic (exact) mass is 545 g/mol. The molecule has 0 radical (unpaired) electrons. The van der Waals surface area contributed by atoms with Crippen molar-refractivity contribution in [3.63, 3.8) is 0 Å². The first-order valence-electron chi connectivity index (χ1n) is 11.3. The molecule has 0 aromatic heterocycles. The number of carbonyl (C=O) groups is 1.